The van der Waals surface area contributed by atoms with Gasteiger partial charge in [0, 0.05) is 18.4 Å². The molecular weight excluding hydrogens is 320 g/mol. The third-order valence-corrected chi connectivity index (χ3v) is 4.80. The summed E-state index contributed by atoms with van der Waals surface area (Å²) in [4.78, 5) is 14.7. The van der Waals surface area contributed by atoms with Crippen LogP contribution in [-0.2, 0) is 10.0 Å². The molecule has 2 aromatic rings. The molecule has 7 nitrogen and oxygen atoms in total. The van der Waals surface area contributed by atoms with E-state index in [9.17, 15) is 13.2 Å². The zero-order valence-electron chi connectivity index (χ0n) is 12.6. The van der Waals surface area contributed by atoms with Crippen molar-refractivity contribution < 1.29 is 23.1 Å². The third-order valence-electron chi connectivity index (χ3n) is 3.24. The van der Waals surface area contributed by atoms with Gasteiger partial charge in [0.1, 0.15) is 10.6 Å². The van der Waals surface area contributed by atoms with Crippen LogP contribution in [0, 0.1) is 0 Å². The first-order valence-corrected chi connectivity index (χ1v) is 8.17. The fourth-order valence-corrected chi connectivity index (χ4v) is 3.46. The lowest BCUT2D eigenvalue weighted by atomic mass is 10.1. The van der Waals surface area contributed by atoms with Gasteiger partial charge in [0.15, 0.2) is 0 Å². The molecule has 1 atom stereocenters. The maximum Gasteiger partial charge on any atom is 0.335 e. The zero-order chi connectivity index (χ0) is 17.0. The van der Waals surface area contributed by atoms with Crippen molar-refractivity contribution in [3.05, 3.63) is 53.9 Å². The van der Waals surface area contributed by atoms with Crippen LogP contribution in [0.5, 0.6) is 5.75 Å². The van der Waals surface area contributed by atoms with Gasteiger partial charge in [0.05, 0.1) is 12.7 Å². The third kappa shape index (κ3) is 3.85. The molecule has 1 heterocycles. The smallest absolute Gasteiger partial charge is 0.335 e. The molecule has 1 aromatic heterocycles. The molecule has 0 amide bonds. The van der Waals surface area contributed by atoms with Crippen LogP contribution >= 0.6 is 0 Å². The number of aromatic carboxylic acids is 1. The summed E-state index contributed by atoms with van der Waals surface area (Å²) in [7, 11) is -2.64. The normalized spacial score (nSPS) is 12.6. The highest BCUT2D eigenvalue weighted by molar-refractivity contribution is 7.89. The molecule has 2 rings (SSSR count). The molecule has 2 N–H and O–H groups in total. The second-order valence-corrected chi connectivity index (χ2v) is 6.48. The predicted molar refractivity (Wildman–Crippen MR) is 82.9 cm³/mol. The zero-order valence-corrected chi connectivity index (χ0v) is 13.4. The molecular formula is C15H16N2O5S. The average Bonchev–Trinajstić information content (AvgIpc) is 2.54. The van der Waals surface area contributed by atoms with Gasteiger partial charge < -0.3 is 9.84 Å². The van der Waals surface area contributed by atoms with Crippen LogP contribution in [0.2, 0.25) is 0 Å². The Bertz CT molecular complexity index is 806. The van der Waals surface area contributed by atoms with Gasteiger partial charge in [-0.15, -0.1) is 0 Å². The number of rotatable bonds is 6. The number of hydrogen-bond donors (Lipinski definition) is 2. The van der Waals surface area contributed by atoms with Crippen molar-refractivity contribution >= 4 is 16.0 Å². The summed E-state index contributed by atoms with van der Waals surface area (Å²) in [5, 5.41) is 9.04. The molecule has 0 aliphatic carbocycles. The fourth-order valence-electron chi connectivity index (χ4n) is 2.04. The minimum absolute atomic E-state index is 0.0735. The molecule has 0 spiro atoms. The second-order valence-electron chi connectivity index (χ2n) is 4.79. The molecule has 0 aliphatic heterocycles. The standard InChI is InChI=1S/C15H16N2O5S/c1-10(11-5-7-16-8-6-11)17-23(20,21)14-9-12(15(18)19)3-4-13(14)22-2/h3-10,17H,1-2H3,(H,18,19)/t10-/m1/s1. The number of benzene rings is 1. The van der Waals surface area contributed by atoms with Crippen LogP contribution in [0.1, 0.15) is 28.9 Å². The van der Waals surface area contributed by atoms with E-state index in [1.54, 1.807) is 31.5 Å². The molecule has 0 saturated heterocycles. The van der Waals surface area contributed by atoms with E-state index >= 15 is 0 Å². The van der Waals surface area contributed by atoms with Crippen molar-refractivity contribution in [1.29, 1.82) is 0 Å². The molecule has 0 aliphatic rings. The van der Waals surface area contributed by atoms with Gasteiger partial charge in [-0.1, -0.05) is 0 Å². The molecule has 122 valence electrons. The Hall–Kier alpha value is -2.45. The Balaban J connectivity index is 2.39. The van der Waals surface area contributed by atoms with Crippen LogP contribution in [0.3, 0.4) is 0 Å². The summed E-state index contributed by atoms with van der Waals surface area (Å²) in [6.07, 6.45) is 3.12. The van der Waals surface area contributed by atoms with Crippen molar-refractivity contribution in [2.45, 2.75) is 17.9 Å². The highest BCUT2D eigenvalue weighted by Crippen LogP contribution is 2.26. The Labute approximate surface area is 134 Å². The van der Waals surface area contributed by atoms with Crippen LogP contribution in [0.15, 0.2) is 47.6 Å². The maximum absolute atomic E-state index is 12.6. The number of methoxy groups -OCH3 is 1. The van der Waals surface area contributed by atoms with Gasteiger partial charge in [-0.25, -0.2) is 17.9 Å². The summed E-state index contributed by atoms with van der Waals surface area (Å²) in [5.41, 5.74) is 0.597. The number of carbonyl (C=O) groups is 1. The number of sulfonamides is 1. The highest BCUT2D eigenvalue weighted by atomic mass is 32.2. The largest absolute Gasteiger partial charge is 0.495 e. The summed E-state index contributed by atoms with van der Waals surface area (Å²) in [5.74, 6) is -1.14. The minimum Gasteiger partial charge on any atom is -0.495 e. The van der Waals surface area contributed by atoms with Gasteiger partial charge in [-0.05, 0) is 42.8 Å². The number of carboxylic acid groups (broad SMARTS) is 1. The Morgan fingerprint density at radius 1 is 1.26 bits per heavy atom. The molecule has 0 saturated carbocycles. The summed E-state index contributed by atoms with van der Waals surface area (Å²) < 4.78 is 32.7. The average molecular weight is 336 g/mol. The number of nitrogens with one attached hydrogen (secondary N) is 1. The lowest BCUT2D eigenvalue weighted by molar-refractivity contribution is 0.0696. The quantitative estimate of drug-likeness (QED) is 0.833. The van der Waals surface area contributed by atoms with Crippen molar-refractivity contribution in [1.82, 2.24) is 9.71 Å². The first kappa shape index (κ1) is 16.9. The van der Waals surface area contributed by atoms with E-state index in [-0.39, 0.29) is 16.2 Å². The van der Waals surface area contributed by atoms with Crippen molar-refractivity contribution in [2.24, 2.45) is 0 Å². The van der Waals surface area contributed by atoms with Crippen LogP contribution < -0.4 is 9.46 Å². The van der Waals surface area contributed by atoms with Crippen molar-refractivity contribution in [2.75, 3.05) is 7.11 Å². The number of nitrogens with zero attached hydrogens (tertiary/aromatic N) is 1. The molecule has 1 aromatic carbocycles. The number of ether oxygens (including phenoxy) is 1. The van der Waals surface area contributed by atoms with E-state index in [2.05, 4.69) is 9.71 Å². The second kappa shape index (κ2) is 6.76. The SMILES string of the molecule is COc1ccc(C(=O)O)cc1S(=O)(=O)N[C@H](C)c1ccncc1. The number of aromatic nitrogens is 1. The lowest BCUT2D eigenvalue weighted by Crippen LogP contribution is -2.27. The Morgan fingerprint density at radius 2 is 1.91 bits per heavy atom. The van der Waals surface area contributed by atoms with E-state index in [4.69, 9.17) is 9.84 Å². The van der Waals surface area contributed by atoms with E-state index in [1.807, 2.05) is 0 Å². The Kier molecular flexibility index (Phi) is 4.97. The van der Waals surface area contributed by atoms with Gasteiger partial charge in [-0.2, -0.15) is 0 Å². The minimum atomic E-state index is -3.97. The summed E-state index contributed by atoms with van der Waals surface area (Å²) >= 11 is 0. The topological polar surface area (TPSA) is 106 Å². The maximum atomic E-state index is 12.6. The van der Waals surface area contributed by atoms with Gasteiger partial charge >= 0.3 is 5.97 Å². The molecule has 0 radical (unpaired) electrons. The van der Waals surface area contributed by atoms with Crippen LogP contribution in [-0.4, -0.2) is 31.6 Å². The lowest BCUT2D eigenvalue weighted by Gasteiger charge is -2.16. The fraction of sp³-hybridized carbons (Fsp3) is 0.200. The summed E-state index contributed by atoms with van der Waals surface area (Å²) in [6.45, 7) is 1.68. The molecule has 8 heteroatoms. The number of pyridine rings is 1. The van der Waals surface area contributed by atoms with Gasteiger partial charge in [-0.3, -0.25) is 4.98 Å². The predicted octanol–water partition coefficient (Wildman–Crippen LogP) is 1.83. The first-order valence-electron chi connectivity index (χ1n) is 6.68. The van der Waals surface area contributed by atoms with Gasteiger partial charge in [0.2, 0.25) is 10.0 Å². The van der Waals surface area contributed by atoms with Crippen LogP contribution in [0.4, 0.5) is 0 Å². The van der Waals surface area contributed by atoms with E-state index < -0.39 is 22.0 Å². The molecule has 0 bridgehead atoms. The first-order chi connectivity index (χ1) is 10.8. The van der Waals surface area contributed by atoms with Gasteiger partial charge in [0.25, 0.3) is 0 Å². The van der Waals surface area contributed by atoms with E-state index in [0.717, 1.165) is 11.6 Å². The highest BCUT2D eigenvalue weighted by Gasteiger charge is 2.24. The number of carboxylic acids is 1. The van der Waals surface area contributed by atoms with E-state index in [0.29, 0.717) is 0 Å². The van der Waals surface area contributed by atoms with Crippen LogP contribution in [0.25, 0.3) is 0 Å². The number of hydrogen-bond acceptors (Lipinski definition) is 5. The molecule has 23 heavy (non-hydrogen) atoms. The van der Waals surface area contributed by atoms with Crippen molar-refractivity contribution in [3.63, 3.8) is 0 Å². The van der Waals surface area contributed by atoms with Crippen molar-refractivity contribution in [3.8, 4) is 5.75 Å². The molecule has 0 fully saturated rings. The monoisotopic (exact) mass is 336 g/mol. The summed E-state index contributed by atoms with van der Waals surface area (Å²) in [6, 6.07) is 6.54. The molecule has 0 unspecified atom stereocenters. The Morgan fingerprint density at radius 3 is 2.48 bits per heavy atom. The van der Waals surface area contributed by atoms with E-state index in [1.165, 1.54) is 19.2 Å².